The lowest BCUT2D eigenvalue weighted by atomic mass is 9.96. The number of aryl methyl sites for hydroxylation is 1. The van der Waals surface area contributed by atoms with Gasteiger partial charge >= 0.3 is 0 Å². The molecule has 0 saturated carbocycles. The van der Waals surface area contributed by atoms with Crippen LogP contribution in [0.4, 0.5) is 5.82 Å². The van der Waals surface area contributed by atoms with Gasteiger partial charge in [-0.1, -0.05) is 60.7 Å². The zero-order chi connectivity index (χ0) is 21.0. The van der Waals surface area contributed by atoms with Gasteiger partial charge in [-0.3, -0.25) is 14.6 Å². The van der Waals surface area contributed by atoms with Crippen molar-refractivity contribution >= 4 is 5.82 Å². The molecule has 156 valence electrons. The highest BCUT2D eigenvalue weighted by Crippen LogP contribution is 2.30. The molecular formula is C25H26N6. The smallest absolute Gasteiger partial charge is 0.147 e. The van der Waals surface area contributed by atoms with Gasteiger partial charge in [0.05, 0.1) is 30.3 Å². The van der Waals surface area contributed by atoms with Gasteiger partial charge in [0.1, 0.15) is 5.82 Å². The molecule has 0 atom stereocenters. The Morgan fingerprint density at radius 1 is 0.774 bits per heavy atom. The molecule has 0 bridgehead atoms. The van der Waals surface area contributed by atoms with E-state index in [1.807, 2.05) is 25.6 Å². The topological polar surface area (TPSA) is 50.1 Å². The maximum absolute atomic E-state index is 4.86. The average molecular weight is 411 g/mol. The van der Waals surface area contributed by atoms with E-state index in [2.05, 4.69) is 80.5 Å². The molecule has 0 spiro atoms. The SMILES string of the molecule is Cn1cc(-c2cncc(N3CCN(C(c4ccccc4)c4ccccc4)CC3)n2)cn1. The van der Waals surface area contributed by atoms with Crippen LogP contribution in [0.1, 0.15) is 17.2 Å². The minimum absolute atomic E-state index is 0.261. The van der Waals surface area contributed by atoms with Crippen LogP contribution < -0.4 is 4.90 Å². The fraction of sp³-hybridized carbons (Fsp3) is 0.240. The molecule has 1 fully saturated rings. The lowest BCUT2D eigenvalue weighted by Gasteiger charge is -2.40. The third-order valence-corrected chi connectivity index (χ3v) is 5.86. The van der Waals surface area contributed by atoms with Gasteiger partial charge in [0.15, 0.2) is 0 Å². The van der Waals surface area contributed by atoms with Crippen LogP contribution in [-0.4, -0.2) is 50.8 Å². The molecule has 0 N–H and O–H groups in total. The van der Waals surface area contributed by atoms with Crippen LogP contribution in [0, 0.1) is 0 Å². The number of benzene rings is 2. The summed E-state index contributed by atoms with van der Waals surface area (Å²) in [6.45, 7) is 3.77. The zero-order valence-corrected chi connectivity index (χ0v) is 17.7. The highest BCUT2D eigenvalue weighted by Gasteiger charge is 2.27. The van der Waals surface area contributed by atoms with Crippen molar-refractivity contribution in [3.8, 4) is 11.3 Å². The highest BCUT2D eigenvalue weighted by atomic mass is 15.3. The number of anilines is 1. The van der Waals surface area contributed by atoms with Crippen LogP contribution in [-0.2, 0) is 7.05 Å². The van der Waals surface area contributed by atoms with Crippen LogP contribution in [0.5, 0.6) is 0 Å². The maximum atomic E-state index is 4.86. The van der Waals surface area contributed by atoms with Crippen molar-refractivity contribution < 1.29 is 0 Å². The largest absolute Gasteiger partial charge is 0.353 e. The molecule has 6 heteroatoms. The van der Waals surface area contributed by atoms with Gasteiger partial charge in [-0.2, -0.15) is 5.10 Å². The molecule has 0 aliphatic carbocycles. The van der Waals surface area contributed by atoms with Crippen molar-refractivity contribution in [2.24, 2.45) is 7.05 Å². The monoisotopic (exact) mass is 410 g/mol. The summed E-state index contributed by atoms with van der Waals surface area (Å²) in [6, 6.07) is 21.8. The molecular weight excluding hydrogens is 384 g/mol. The van der Waals surface area contributed by atoms with E-state index in [4.69, 9.17) is 4.98 Å². The van der Waals surface area contributed by atoms with E-state index in [1.165, 1.54) is 11.1 Å². The lowest BCUT2D eigenvalue weighted by molar-refractivity contribution is 0.212. The number of hydrogen-bond acceptors (Lipinski definition) is 5. The average Bonchev–Trinajstić information content (AvgIpc) is 3.28. The Labute approximate surface area is 182 Å². The van der Waals surface area contributed by atoms with Gasteiger partial charge in [-0.25, -0.2) is 4.98 Å². The molecule has 0 radical (unpaired) electrons. The van der Waals surface area contributed by atoms with Crippen LogP contribution in [0.25, 0.3) is 11.3 Å². The van der Waals surface area contributed by atoms with Crippen LogP contribution in [0.3, 0.4) is 0 Å². The molecule has 5 rings (SSSR count). The molecule has 4 aromatic rings. The number of aromatic nitrogens is 4. The number of nitrogens with zero attached hydrogens (tertiary/aromatic N) is 6. The van der Waals surface area contributed by atoms with Gasteiger partial charge in [-0.05, 0) is 11.1 Å². The summed E-state index contributed by atoms with van der Waals surface area (Å²) in [7, 11) is 1.91. The normalized spacial score (nSPS) is 14.8. The maximum Gasteiger partial charge on any atom is 0.147 e. The Bertz CT molecular complexity index is 1080. The predicted molar refractivity (Wildman–Crippen MR) is 123 cm³/mol. The van der Waals surface area contributed by atoms with Gasteiger partial charge in [0.2, 0.25) is 0 Å². The van der Waals surface area contributed by atoms with E-state index in [0.717, 1.165) is 43.3 Å². The summed E-state index contributed by atoms with van der Waals surface area (Å²) < 4.78 is 1.79. The molecule has 2 aromatic heterocycles. The quantitative estimate of drug-likeness (QED) is 0.501. The standard InChI is InChI=1S/C25H26N6/c1-29-19-22(16-27-29)23-17-26-18-24(28-23)30-12-14-31(15-13-30)25(20-8-4-2-5-9-20)21-10-6-3-7-11-21/h2-11,16-19,25H,12-15H2,1H3. The molecule has 0 amide bonds. The van der Waals surface area contributed by atoms with E-state index in [-0.39, 0.29) is 6.04 Å². The van der Waals surface area contributed by atoms with E-state index in [9.17, 15) is 0 Å². The molecule has 1 aliphatic heterocycles. The lowest BCUT2D eigenvalue weighted by Crippen LogP contribution is -2.48. The zero-order valence-electron chi connectivity index (χ0n) is 17.7. The Kier molecular flexibility index (Phi) is 5.46. The van der Waals surface area contributed by atoms with Gasteiger partial charge in [0, 0.05) is 45.0 Å². The summed E-state index contributed by atoms with van der Waals surface area (Å²) in [4.78, 5) is 14.2. The highest BCUT2D eigenvalue weighted by molar-refractivity contribution is 5.58. The van der Waals surface area contributed by atoms with E-state index in [0.29, 0.717) is 0 Å². The predicted octanol–water partition coefficient (Wildman–Crippen LogP) is 3.79. The second-order valence-corrected chi connectivity index (χ2v) is 7.91. The second-order valence-electron chi connectivity index (χ2n) is 7.91. The van der Waals surface area contributed by atoms with Gasteiger partial charge < -0.3 is 4.90 Å². The third kappa shape index (κ3) is 4.20. The molecule has 1 aliphatic rings. The van der Waals surface area contributed by atoms with Gasteiger partial charge in [-0.15, -0.1) is 0 Å². The molecule has 1 saturated heterocycles. The Morgan fingerprint density at radius 3 is 2.00 bits per heavy atom. The summed E-state index contributed by atoms with van der Waals surface area (Å²) in [5.74, 6) is 0.928. The fourth-order valence-electron chi connectivity index (χ4n) is 4.29. The van der Waals surface area contributed by atoms with Crippen molar-refractivity contribution in [2.75, 3.05) is 31.1 Å². The van der Waals surface area contributed by atoms with E-state index >= 15 is 0 Å². The van der Waals surface area contributed by atoms with Crippen molar-refractivity contribution in [1.29, 1.82) is 0 Å². The van der Waals surface area contributed by atoms with Crippen LogP contribution in [0.15, 0.2) is 85.5 Å². The fourth-order valence-corrected chi connectivity index (χ4v) is 4.29. The van der Waals surface area contributed by atoms with Crippen LogP contribution >= 0.6 is 0 Å². The summed E-state index contributed by atoms with van der Waals surface area (Å²) in [5.41, 5.74) is 4.52. The van der Waals surface area contributed by atoms with E-state index < -0.39 is 0 Å². The molecule has 3 heterocycles. The first-order valence-corrected chi connectivity index (χ1v) is 10.7. The summed E-state index contributed by atoms with van der Waals surface area (Å²) in [5, 5.41) is 4.25. The first kappa shape index (κ1) is 19.5. The third-order valence-electron chi connectivity index (χ3n) is 5.86. The number of hydrogen-bond donors (Lipinski definition) is 0. The Morgan fingerprint density at radius 2 is 1.42 bits per heavy atom. The van der Waals surface area contributed by atoms with E-state index in [1.54, 1.807) is 10.9 Å². The van der Waals surface area contributed by atoms with Gasteiger partial charge in [0.25, 0.3) is 0 Å². The first-order chi connectivity index (χ1) is 15.3. The van der Waals surface area contributed by atoms with Crippen molar-refractivity contribution in [3.05, 3.63) is 96.6 Å². The minimum Gasteiger partial charge on any atom is -0.353 e. The number of piperazine rings is 1. The summed E-state index contributed by atoms with van der Waals surface area (Å²) in [6.07, 6.45) is 7.46. The van der Waals surface area contributed by atoms with Crippen molar-refractivity contribution in [1.82, 2.24) is 24.6 Å². The molecule has 2 aromatic carbocycles. The Balaban J connectivity index is 1.34. The van der Waals surface area contributed by atoms with Crippen molar-refractivity contribution in [2.45, 2.75) is 6.04 Å². The Hall–Kier alpha value is -3.51. The molecule has 31 heavy (non-hydrogen) atoms. The second kappa shape index (κ2) is 8.70. The van der Waals surface area contributed by atoms with Crippen molar-refractivity contribution in [3.63, 3.8) is 0 Å². The molecule has 6 nitrogen and oxygen atoms in total. The molecule has 0 unspecified atom stereocenters. The number of rotatable bonds is 5. The summed E-state index contributed by atoms with van der Waals surface area (Å²) >= 11 is 0. The minimum atomic E-state index is 0.261. The van der Waals surface area contributed by atoms with Crippen LogP contribution in [0.2, 0.25) is 0 Å². The first-order valence-electron chi connectivity index (χ1n) is 10.7.